The van der Waals surface area contributed by atoms with Crippen LogP contribution in [0, 0.1) is 0 Å². The first-order valence-electron chi connectivity index (χ1n) is 7.97. The normalized spacial score (nSPS) is 11.4. The summed E-state index contributed by atoms with van der Waals surface area (Å²) in [5.41, 5.74) is 0.0897. The first-order chi connectivity index (χ1) is 9.95. The van der Waals surface area contributed by atoms with E-state index >= 15 is 0 Å². The van der Waals surface area contributed by atoms with Gasteiger partial charge in [-0.3, -0.25) is 0 Å². The van der Waals surface area contributed by atoms with Gasteiger partial charge in [-0.2, -0.15) is 0 Å². The molecule has 0 fully saturated rings. The fourth-order valence-electron chi connectivity index (χ4n) is 2.17. The zero-order valence-corrected chi connectivity index (χ0v) is 13.5. The van der Waals surface area contributed by atoms with Crippen molar-refractivity contribution in [2.75, 3.05) is 0 Å². The van der Waals surface area contributed by atoms with Gasteiger partial charge in [0.15, 0.2) is 5.60 Å². The molecular weight excluding hydrogens is 264 g/mol. The molecule has 0 saturated heterocycles. The van der Waals surface area contributed by atoms with Crippen molar-refractivity contribution in [3.63, 3.8) is 0 Å². The van der Waals surface area contributed by atoms with Crippen molar-refractivity contribution in [1.82, 2.24) is 0 Å². The number of hydrogen-bond donors (Lipinski definition) is 1. The van der Waals surface area contributed by atoms with E-state index in [0.717, 1.165) is 6.42 Å². The van der Waals surface area contributed by atoms with Gasteiger partial charge in [-0.15, -0.1) is 0 Å². The summed E-state index contributed by atoms with van der Waals surface area (Å²) in [6, 6.07) is 7.77. The zero-order chi connectivity index (χ0) is 15.7. The molecular formula is C18H28O3. The Morgan fingerprint density at radius 1 is 1.05 bits per heavy atom. The fraction of sp³-hybridized carbons (Fsp3) is 0.611. The van der Waals surface area contributed by atoms with Crippen molar-refractivity contribution >= 4 is 5.97 Å². The third-order valence-electron chi connectivity index (χ3n) is 3.63. The van der Waals surface area contributed by atoms with E-state index in [1.54, 1.807) is 13.8 Å². The standard InChI is InChI=1S/C18H28O3/c1-4-5-6-7-8-9-10-15-11-13-16(14-12-15)21-18(2,3)17(19)20/h11-14H,4-10H2,1-3H3,(H,19,20). The summed E-state index contributed by atoms with van der Waals surface area (Å²) in [6.07, 6.45) is 8.86. The molecule has 0 aliphatic heterocycles. The van der Waals surface area contributed by atoms with Gasteiger partial charge in [0, 0.05) is 0 Å². The SMILES string of the molecule is CCCCCCCCc1ccc(OC(C)(C)C(=O)O)cc1. The summed E-state index contributed by atoms with van der Waals surface area (Å²) < 4.78 is 5.49. The van der Waals surface area contributed by atoms with Gasteiger partial charge in [0.2, 0.25) is 0 Å². The van der Waals surface area contributed by atoms with E-state index in [9.17, 15) is 4.79 Å². The van der Waals surface area contributed by atoms with Gasteiger partial charge in [0.05, 0.1) is 0 Å². The molecule has 118 valence electrons. The highest BCUT2D eigenvalue weighted by atomic mass is 16.5. The van der Waals surface area contributed by atoms with Crippen molar-refractivity contribution in [2.24, 2.45) is 0 Å². The smallest absolute Gasteiger partial charge is 0.347 e. The number of aryl methyl sites for hydroxylation is 1. The number of hydrogen-bond acceptors (Lipinski definition) is 2. The van der Waals surface area contributed by atoms with E-state index in [4.69, 9.17) is 9.84 Å². The van der Waals surface area contributed by atoms with Crippen LogP contribution in [0.5, 0.6) is 5.75 Å². The highest BCUT2D eigenvalue weighted by molar-refractivity contribution is 5.76. The van der Waals surface area contributed by atoms with Crippen LogP contribution in [-0.2, 0) is 11.2 Å². The van der Waals surface area contributed by atoms with Crippen LogP contribution in [-0.4, -0.2) is 16.7 Å². The first kappa shape index (κ1) is 17.5. The van der Waals surface area contributed by atoms with Crippen molar-refractivity contribution in [3.05, 3.63) is 29.8 Å². The molecule has 3 nitrogen and oxygen atoms in total. The Morgan fingerprint density at radius 2 is 1.62 bits per heavy atom. The van der Waals surface area contributed by atoms with Crippen LogP contribution in [0.25, 0.3) is 0 Å². The maximum Gasteiger partial charge on any atom is 0.347 e. The second-order valence-corrected chi connectivity index (χ2v) is 6.08. The molecule has 0 aromatic heterocycles. The maximum atomic E-state index is 11.0. The van der Waals surface area contributed by atoms with Crippen LogP contribution in [0.2, 0.25) is 0 Å². The highest BCUT2D eigenvalue weighted by Gasteiger charge is 2.29. The van der Waals surface area contributed by atoms with Crippen molar-refractivity contribution < 1.29 is 14.6 Å². The first-order valence-corrected chi connectivity index (χ1v) is 7.97. The van der Waals surface area contributed by atoms with E-state index in [1.165, 1.54) is 44.1 Å². The molecule has 1 aromatic carbocycles. The number of ether oxygens (including phenoxy) is 1. The summed E-state index contributed by atoms with van der Waals surface area (Å²) in [4.78, 5) is 11.0. The number of rotatable bonds is 10. The lowest BCUT2D eigenvalue weighted by molar-refractivity contribution is -0.152. The largest absolute Gasteiger partial charge is 0.478 e. The van der Waals surface area contributed by atoms with Gasteiger partial charge in [-0.05, 0) is 44.4 Å². The summed E-state index contributed by atoms with van der Waals surface area (Å²) in [6.45, 7) is 5.34. The van der Waals surface area contributed by atoms with E-state index < -0.39 is 11.6 Å². The molecule has 1 N–H and O–H groups in total. The van der Waals surface area contributed by atoms with E-state index in [-0.39, 0.29) is 0 Å². The van der Waals surface area contributed by atoms with Gasteiger partial charge < -0.3 is 9.84 Å². The average Bonchev–Trinajstić information content (AvgIpc) is 2.44. The van der Waals surface area contributed by atoms with Gasteiger partial charge >= 0.3 is 5.97 Å². The van der Waals surface area contributed by atoms with E-state index in [0.29, 0.717) is 5.75 Å². The molecule has 0 saturated carbocycles. The number of unbranched alkanes of at least 4 members (excludes halogenated alkanes) is 5. The minimum absolute atomic E-state index is 0.606. The lowest BCUT2D eigenvalue weighted by atomic mass is 10.0. The molecule has 0 atom stereocenters. The summed E-state index contributed by atoms with van der Waals surface area (Å²) in [5.74, 6) is -0.354. The maximum absolute atomic E-state index is 11.0. The Bertz CT molecular complexity index is 421. The molecule has 0 heterocycles. The molecule has 21 heavy (non-hydrogen) atoms. The molecule has 0 bridgehead atoms. The van der Waals surface area contributed by atoms with E-state index in [1.807, 2.05) is 24.3 Å². The molecule has 0 unspecified atom stereocenters. The van der Waals surface area contributed by atoms with Gasteiger partial charge in [-0.1, -0.05) is 51.2 Å². The Balaban J connectivity index is 2.35. The lowest BCUT2D eigenvalue weighted by Crippen LogP contribution is -2.37. The second-order valence-electron chi connectivity index (χ2n) is 6.08. The number of carboxylic acid groups (broad SMARTS) is 1. The molecule has 0 amide bonds. The minimum atomic E-state index is -1.19. The van der Waals surface area contributed by atoms with Gasteiger partial charge in [0.25, 0.3) is 0 Å². The molecule has 0 spiro atoms. The predicted molar refractivity (Wildman–Crippen MR) is 85.9 cm³/mol. The summed E-state index contributed by atoms with van der Waals surface area (Å²) in [5, 5.41) is 9.04. The lowest BCUT2D eigenvalue weighted by Gasteiger charge is -2.21. The molecule has 0 radical (unpaired) electrons. The molecule has 1 aromatic rings. The third-order valence-corrected chi connectivity index (χ3v) is 3.63. The molecule has 0 aliphatic carbocycles. The second kappa shape index (κ2) is 8.71. The summed E-state index contributed by atoms with van der Waals surface area (Å²) in [7, 11) is 0. The van der Waals surface area contributed by atoms with Crippen LogP contribution in [0.4, 0.5) is 0 Å². The highest BCUT2D eigenvalue weighted by Crippen LogP contribution is 2.20. The fourth-order valence-corrected chi connectivity index (χ4v) is 2.17. The molecule has 3 heteroatoms. The van der Waals surface area contributed by atoms with Crippen molar-refractivity contribution in [3.8, 4) is 5.75 Å². The number of aliphatic carboxylic acids is 1. The van der Waals surface area contributed by atoms with Crippen molar-refractivity contribution in [1.29, 1.82) is 0 Å². The Hall–Kier alpha value is -1.51. The number of carboxylic acids is 1. The quantitative estimate of drug-likeness (QED) is 0.628. The Kier molecular flexibility index (Phi) is 7.27. The Morgan fingerprint density at radius 3 is 2.19 bits per heavy atom. The van der Waals surface area contributed by atoms with Crippen molar-refractivity contribution in [2.45, 2.75) is 71.3 Å². The number of benzene rings is 1. The van der Waals surface area contributed by atoms with Crippen LogP contribution in [0.3, 0.4) is 0 Å². The molecule has 0 aliphatic rings. The molecule has 1 rings (SSSR count). The van der Waals surface area contributed by atoms with Crippen LogP contribution < -0.4 is 4.74 Å². The van der Waals surface area contributed by atoms with E-state index in [2.05, 4.69) is 6.92 Å². The average molecular weight is 292 g/mol. The van der Waals surface area contributed by atoms with Gasteiger partial charge in [0.1, 0.15) is 5.75 Å². The summed E-state index contributed by atoms with van der Waals surface area (Å²) >= 11 is 0. The van der Waals surface area contributed by atoms with Gasteiger partial charge in [-0.25, -0.2) is 4.79 Å². The van der Waals surface area contributed by atoms with Crippen LogP contribution in [0.1, 0.15) is 64.9 Å². The van der Waals surface area contributed by atoms with Crippen LogP contribution in [0.15, 0.2) is 24.3 Å². The minimum Gasteiger partial charge on any atom is -0.478 e. The van der Waals surface area contributed by atoms with Crippen LogP contribution >= 0.6 is 0 Å². The third kappa shape index (κ3) is 6.65. The monoisotopic (exact) mass is 292 g/mol. The predicted octanol–water partition coefficient (Wildman–Crippen LogP) is 4.83. The topological polar surface area (TPSA) is 46.5 Å². The Labute approximate surface area is 128 Å². The zero-order valence-electron chi connectivity index (χ0n) is 13.5. The number of carbonyl (C=O) groups is 1.